The summed E-state index contributed by atoms with van der Waals surface area (Å²) in [5.41, 5.74) is 2.06. The number of hydrogen-bond donors (Lipinski definition) is 1. The van der Waals surface area contributed by atoms with Crippen molar-refractivity contribution in [3.63, 3.8) is 0 Å². The van der Waals surface area contributed by atoms with Gasteiger partial charge in [0, 0.05) is 45.6 Å². The van der Waals surface area contributed by atoms with Gasteiger partial charge in [-0.2, -0.15) is 10.2 Å². The van der Waals surface area contributed by atoms with Crippen LogP contribution in [0, 0.1) is 33.5 Å². The molecule has 1 aliphatic carbocycles. The Kier molecular flexibility index (Phi) is 14.9. The third kappa shape index (κ3) is 11.4. The first-order chi connectivity index (χ1) is 21.2. The first-order valence-corrected chi connectivity index (χ1v) is 18.3. The first kappa shape index (κ1) is 40.3. The molecular formula is C32H50N4O7S3. The normalized spacial score (nSPS) is 22.0. The van der Waals surface area contributed by atoms with Crippen molar-refractivity contribution < 1.29 is 28.6 Å². The van der Waals surface area contributed by atoms with E-state index >= 15 is 0 Å². The zero-order valence-corrected chi connectivity index (χ0v) is 31.0. The lowest BCUT2D eigenvalue weighted by Crippen LogP contribution is -2.51. The summed E-state index contributed by atoms with van der Waals surface area (Å²) in [6.45, 7) is 17.5. The summed E-state index contributed by atoms with van der Waals surface area (Å²) >= 11 is 3.53. The van der Waals surface area contributed by atoms with E-state index in [0.717, 1.165) is 11.8 Å². The molecule has 1 fully saturated rings. The van der Waals surface area contributed by atoms with Crippen LogP contribution in [0.1, 0.15) is 68.7 Å². The molecule has 2 rings (SSSR count). The van der Waals surface area contributed by atoms with E-state index in [-0.39, 0.29) is 53.3 Å². The molecule has 1 aromatic rings. The van der Waals surface area contributed by atoms with Crippen molar-refractivity contribution in [3.05, 3.63) is 22.7 Å². The van der Waals surface area contributed by atoms with Crippen molar-refractivity contribution in [2.75, 3.05) is 49.4 Å². The van der Waals surface area contributed by atoms with Gasteiger partial charge in [0.15, 0.2) is 20.9 Å². The lowest BCUT2D eigenvalue weighted by atomic mass is 9.95. The molecule has 1 saturated carbocycles. The maximum absolute atomic E-state index is 13.1. The quantitative estimate of drug-likeness (QED) is 0.265. The third-order valence-corrected chi connectivity index (χ3v) is 10.9. The SMILES string of the molecule is CC(C)(C)C(=O)SCCOC[C@H]1C[C@@](C#N)(n2ccc(N)nc2=O)C(OCCSC(=O)C(C)(C)C)C1OCCSC(=O)C(C)(C)C. The molecule has 0 saturated heterocycles. The number of anilines is 1. The standard InChI is InChI=1S/C32H50N4O7S3/c1-29(2,3)25(37)44-15-12-41-19-21-18-32(20-33,36-11-10-22(34)35-28(36)40)24(43-14-17-46-27(39)31(7,8)9)23(21)42-13-16-45-26(38)30(4,5)6/h10-11,21,23-24H,12-19H2,1-9H3,(H2,34,35,40)/t21-,23?,24?,32+/m1/s1. The van der Waals surface area contributed by atoms with E-state index in [9.17, 15) is 24.4 Å². The molecule has 1 aromatic heterocycles. The van der Waals surface area contributed by atoms with Crippen LogP contribution in [0.15, 0.2) is 17.1 Å². The molecule has 0 spiro atoms. The first-order valence-electron chi connectivity index (χ1n) is 15.3. The number of nitriles is 1. The van der Waals surface area contributed by atoms with Gasteiger partial charge in [0.05, 0.1) is 38.6 Å². The van der Waals surface area contributed by atoms with Crippen molar-refractivity contribution in [1.29, 1.82) is 5.26 Å². The van der Waals surface area contributed by atoms with Crippen LogP contribution in [0.3, 0.4) is 0 Å². The number of nitrogen functional groups attached to an aromatic ring is 1. The summed E-state index contributed by atoms with van der Waals surface area (Å²) in [7, 11) is 0. The number of nitrogens with two attached hydrogens (primary N) is 1. The zero-order chi connectivity index (χ0) is 34.9. The lowest BCUT2D eigenvalue weighted by Gasteiger charge is -2.33. The predicted molar refractivity (Wildman–Crippen MR) is 186 cm³/mol. The van der Waals surface area contributed by atoms with Crippen molar-refractivity contribution >= 4 is 56.4 Å². The Morgan fingerprint density at radius 3 is 1.85 bits per heavy atom. The van der Waals surface area contributed by atoms with Crippen LogP contribution in [0.25, 0.3) is 0 Å². The molecule has 14 heteroatoms. The van der Waals surface area contributed by atoms with Crippen molar-refractivity contribution in [2.24, 2.45) is 22.2 Å². The molecule has 0 aliphatic heterocycles. The number of ether oxygens (including phenoxy) is 3. The smallest absolute Gasteiger partial charge is 0.350 e. The van der Waals surface area contributed by atoms with Gasteiger partial charge in [-0.05, 0) is 12.5 Å². The Hall–Kier alpha value is -1.89. The van der Waals surface area contributed by atoms with E-state index in [1.54, 1.807) is 0 Å². The second-order valence-corrected chi connectivity index (χ2v) is 17.6. The number of rotatable bonds is 14. The number of hydrogen-bond acceptors (Lipinski definition) is 13. The van der Waals surface area contributed by atoms with Crippen LogP contribution in [-0.2, 0) is 34.1 Å². The highest BCUT2D eigenvalue weighted by Crippen LogP contribution is 2.44. The number of carbonyl (C=O) groups is 3. The minimum Gasteiger partial charge on any atom is -0.383 e. The minimum atomic E-state index is -1.51. The molecule has 0 bridgehead atoms. The second-order valence-electron chi connectivity index (χ2n) is 14.4. The summed E-state index contributed by atoms with van der Waals surface area (Å²) in [5.74, 6) is 0.828. The lowest BCUT2D eigenvalue weighted by molar-refractivity contribution is -0.118. The molecule has 2 N–H and O–H groups in total. The van der Waals surface area contributed by atoms with Crippen LogP contribution in [0.2, 0.25) is 0 Å². The highest BCUT2D eigenvalue weighted by molar-refractivity contribution is 8.14. The highest BCUT2D eigenvalue weighted by Gasteiger charge is 2.57. The number of carbonyl (C=O) groups excluding carboxylic acids is 3. The molecule has 1 aliphatic rings. The zero-order valence-electron chi connectivity index (χ0n) is 28.5. The monoisotopic (exact) mass is 698 g/mol. The van der Waals surface area contributed by atoms with Crippen molar-refractivity contribution in [2.45, 2.75) is 86.5 Å². The fraction of sp³-hybridized carbons (Fsp3) is 0.750. The number of aromatic nitrogens is 2. The van der Waals surface area contributed by atoms with Crippen LogP contribution >= 0.6 is 35.3 Å². The van der Waals surface area contributed by atoms with E-state index < -0.39 is 39.7 Å². The Bertz CT molecular complexity index is 1310. The predicted octanol–water partition coefficient (Wildman–Crippen LogP) is 4.77. The Morgan fingerprint density at radius 2 is 1.39 bits per heavy atom. The molecule has 258 valence electrons. The molecule has 1 heterocycles. The van der Waals surface area contributed by atoms with Crippen LogP contribution < -0.4 is 11.4 Å². The Morgan fingerprint density at radius 1 is 0.913 bits per heavy atom. The minimum absolute atomic E-state index is 0.00968. The molecule has 2 unspecified atom stereocenters. The van der Waals surface area contributed by atoms with E-state index in [4.69, 9.17) is 19.9 Å². The maximum atomic E-state index is 13.1. The van der Waals surface area contributed by atoms with Gasteiger partial charge in [-0.25, -0.2) is 4.79 Å². The summed E-state index contributed by atoms with van der Waals surface area (Å²) in [6, 6.07) is 3.79. The summed E-state index contributed by atoms with van der Waals surface area (Å²) < 4.78 is 20.0. The highest BCUT2D eigenvalue weighted by atomic mass is 32.2. The molecule has 0 radical (unpaired) electrons. The summed E-state index contributed by atoms with van der Waals surface area (Å²) in [4.78, 5) is 54.4. The fourth-order valence-electron chi connectivity index (χ4n) is 4.58. The molecule has 4 atom stereocenters. The van der Waals surface area contributed by atoms with Gasteiger partial charge in [0.2, 0.25) is 0 Å². The summed E-state index contributed by atoms with van der Waals surface area (Å²) in [5, 5.41) is 10.8. The number of nitrogens with zero attached hydrogens (tertiary/aromatic N) is 3. The Labute approximate surface area is 285 Å². The van der Waals surface area contributed by atoms with Crippen LogP contribution in [0.5, 0.6) is 0 Å². The topological polar surface area (TPSA) is 164 Å². The van der Waals surface area contributed by atoms with Crippen molar-refractivity contribution in [3.8, 4) is 6.07 Å². The third-order valence-electron chi connectivity index (χ3n) is 7.13. The second kappa shape index (κ2) is 17.0. The van der Waals surface area contributed by atoms with Gasteiger partial charge in [-0.3, -0.25) is 19.0 Å². The fourth-order valence-corrected chi connectivity index (χ4v) is 7.00. The average molecular weight is 699 g/mol. The maximum Gasteiger partial charge on any atom is 0.350 e. The molecule has 0 aromatic carbocycles. The molecule has 11 nitrogen and oxygen atoms in total. The van der Waals surface area contributed by atoms with Gasteiger partial charge in [-0.1, -0.05) is 97.6 Å². The molecular weight excluding hydrogens is 649 g/mol. The van der Waals surface area contributed by atoms with Gasteiger partial charge < -0.3 is 19.9 Å². The van der Waals surface area contributed by atoms with E-state index in [1.807, 2.05) is 62.3 Å². The molecule has 46 heavy (non-hydrogen) atoms. The average Bonchev–Trinajstić information content (AvgIpc) is 3.23. The molecule has 0 amide bonds. The van der Waals surface area contributed by atoms with Crippen LogP contribution in [-0.4, -0.2) is 80.8 Å². The summed E-state index contributed by atoms with van der Waals surface area (Å²) in [6.07, 6.45) is -0.0309. The van der Waals surface area contributed by atoms with E-state index in [2.05, 4.69) is 11.1 Å². The van der Waals surface area contributed by atoms with Gasteiger partial charge in [0.1, 0.15) is 11.9 Å². The largest absolute Gasteiger partial charge is 0.383 e. The van der Waals surface area contributed by atoms with Gasteiger partial charge in [-0.15, -0.1) is 0 Å². The van der Waals surface area contributed by atoms with Crippen molar-refractivity contribution in [1.82, 2.24) is 9.55 Å². The van der Waals surface area contributed by atoms with Crippen LogP contribution in [0.4, 0.5) is 5.82 Å². The van der Waals surface area contributed by atoms with Gasteiger partial charge >= 0.3 is 5.69 Å². The van der Waals surface area contributed by atoms with E-state index in [1.165, 1.54) is 40.4 Å². The number of thioether (sulfide) groups is 3. The van der Waals surface area contributed by atoms with E-state index in [0.29, 0.717) is 23.9 Å². The Balaban J connectivity index is 2.35. The van der Waals surface area contributed by atoms with Gasteiger partial charge in [0.25, 0.3) is 0 Å².